The van der Waals surface area contributed by atoms with E-state index >= 15 is 0 Å². The molecule has 0 fully saturated rings. The molecule has 0 aliphatic heterocycles. The number of nitrogens with zero attached hydrogens (tertiary/aromatic N) is 5. The molecule has 0 saturated heterocycles. The topological polar surface area (TPSA) is 55.4 Å². The van der Waals surface area contributed by atoms with Crippen molar-refractivity contribution >= 4 is 22.2 Å². The van der Waals surface area contributed by atoms with Crippen LogP contribution in [-0.2, 0) is 13.1 Å². The lowest BCUT2D eigenvalue weighted by Gasteiger charge is -2.16. The summed E-state index contributed by atoms with van der Waals surface area (Å²) in [5.74, 6) is -0.0269. The Bertz CT molecular complexity index is 828. The quantitative estimate of drug-likeness (QED) is 0.743. The highest BCUT2D eigenvalue weighted by Crippen LogP contribution is 2.21. The second-order valence-corrected chi connectivity index (χ2v) is 6.60. The van der Waals surface area contributed by atoms with Crippen LogP contribution >= 0.6 is 11.3 Å². The summed E-state index contributed by atoms with van der Waals surface area (Å²) < 4.78 is 3.83. The molecule has 3 heterocycles. The number of carbonyl (C=O) groups excluding carboxylic acids is 1. The van der Waals surface area contributed by atoms with Gasteiger partial charge < -0.3 is 4.90 Å². The first-order valence-electron chi connectivity index (χ1n) is 7.21. The fraction of sp³-hybridized carbons (Fsp3) is 0.400. The van der Waals surface area contributed by atoms with E-state index in [1.165, 1.54) is 4.88 Å². The van der Waals surface area contributed by atoms with Gasteiger partial charge in [-0.25, -0.2) is 4.98 Å². The van der Waals surface area contributed by atoms with Crippen LogP contribution in [-0.4, -0.2) is 37.0 Å². The first-order chi connectivity index (χ1) is 10.5. The van der Waals surface area contributed by atoms with E-state index < -0.39 is 0 Å². The van der Waals surface area contributed by atoms with Crippen molar-refractivity contribution in [2.45, 2.75) is 33.9 Å². The van der Waals surface area contributed by atoms with Gasteiger partial charge in [0.1, 0.15) is 0 Å². The van der Waals surface area contributed by atoms with Crippen LogP contribution < -0.4 is 0 Å². The van der Waals surface area contributed by atoms with E-state index in [0.29, 0.717) is 12.1 Å². The van der Waals surface area contributed by atoms with Gasteiger partial charge in [0, 0.05) is 30.9 Å². The minimum atomic E-state index is -0.0269. The second-order valence-electron chi connectivity index (χ2n) is 5.38. The first kappa shape index (κ1) is 14.8. The van der Waals surface area contributed by atoms with Gasteiger partial charge in [0.05, 0.1) is 29.7 Å². The third-order valence-electron chi connectivity index (χ3n) is 3.68. The van der Waals surface area contributed by atoms with Crippen molar-refractivity contribution in [2.75, 3.05) is 7.05 Å². The Morgan fingerprint density at radius 3 is 2.82 bits per heavy atom. The molecule has 7 heteroatoms. The number of aryl methyl sites for hydroxylation is 3. The Labute approximate surface area is 133 Å². The van der Waals surface area contributed by atoms with Crippen LogP contribution in [0, 0.1) is 13.8 Å². The summed E-state index contributed by atoms with van der Waals surface area (Å²) >= 11 is 1.66. The van der Waals surface area contributed by atoms with Crippen molar-refractivity contribution in [3.05, 3.63) is 40.4 Å². The van der Waals surface area contributed by atoms with Crippen LogP contribution in [0.4, 0.5) is 0 Å². The summed E-state index contributed by atoms with van der Waals surface area (Å²) in [6.07, 6.45) is 5.48. The molecule has 3 rings (SSSR count). The molecule has 0 bridgehead atoms. The maximum Gasteiger partial charge on any atom is 0.257 e. The van der Waals surface area contributed by atoms with E-state index in [9.17, 15) is 4.79 Å². The van der Waals surface area contributed by atoms with Crippen molar-refractivity contribution in [1.29, 1.82) is 0 Å². The number of fused-ring (bicyclic) bond motifs is 1. The Hall–Kier alpha value is -2.15. The zero-order valence-corrected chi connectivity index (χ0v) is 14.0. The van der Waals surface area contributed by atoms with Gasteiger partial charge in [0.2, 0.25) is 0 Å². The Morgan fingerprint density at radius 1 is 1.36 bits per heavy atom. The third-order valence-corrected chi connectivity index (χ3v) is 4.58. The van der Waals surface area contributed by atoms with Crippen LogP contribution in [0.5, 0.6) is 0 Å². The Kier molecular flexibility index (Phi) is 3.74. The molecule has 0 aromatic carbocycles. The Morgan fingerprint density at radius 2 is 2.14 bits per heavy atom. The zero-order chi connectivity index (χ0) is 15.9. The van der Waals surface area contributed by atoms with Crippen molar-refractivity contribution in [3.63, 3.8) is 0 Å². The maximum atomic E-state index is 12.5. The van der Waals surface area contributed by atoms with E-state index in [1.807, 2.05) is 20.9 Å². The predicted molar refractivity (Wildman–Crippen MR) is 86.2 cm³/mol. The molecule has 0 unspecified atom stereocenters. The van der Waals surface area contributed by atoms with E-state index in [-0.39, 0.29) is 5.91 Å². The molecule has 0 aliphatic rings. The third kappa shape index (κ3) is 2.52. The summed E-state index contributed by atoms with van der Waals surface area (Å²) in [5.41, 5.74) is 2.64. The van der Waals surface area contributed by atoms with Crippen molar-refractivity contribution in [2.24, 2.45) is 0 Å². The first-order valence-corrected chi connectivity index (χ1v) is 8.03. The number of carbonyl (C=O) groups is 1. The minimum absolute atomic E-state index is 0.0269. The summed E-state index contributed by atoms with van der Waals surface area (Å²) in [6, 6.07) is 0. The highest BCUT2D eigenvalue weighted by Gasteiger charge is 2.18. The van der Waals surface area contributed by atoms with Gasteiger partial charge in [-0.1, -0.05) is 0 Å². The molecule has 1 amide bonds. The number of imidazole rings is 1. The molecule has 22 heavy (non-hydrogen) atoms. The number of amides is 1. The Balaban J connectivity index is 1.84. The fourth-order valence-corrected chi connectivity index (χ4v) is 3.35. The zero-order valence-electron chi connectivity index (χ0n) is 13.2. The molecule has 0 saturated carbocycles. The molecule has 0 aliphatic carbocycles. The SMILES string of the molecule is CCn1cc(C(=O)N(C)Cc2c(C)nc3sc(C)cn23)cn1. The predicted octanol–water partition coefficient (Wildman–Crippen LogP) is 2.50. The molecule has 3 aromatic heterocycles. The van der Waals surface area contributed by atoms with Crippen LogP contribution in [0.25, 0.3) is 4.96 Å². The van der Waals surface area contributed by atoms with Gasteiger partial charge in [0.15, 0.2) is 4.96 Å². The summed E-state index contributed by atoms with van der Waals surface area (Å²) in [5, 5.41) is 4.16. The number of hydrogen-bond donors (Lipinski definition) is 0. The van der Waals surface area contributed by atoms with Crippen LogP contribution in [0.15, 0.2) is 18.6 Å². The van der Waals surface area contributed by atoms with Crippen molar-refractivity contribution < 1.29 is 4.79 Å². The van der Waals surface area contributed by atoms with Gasteiger partial charge >= 0.3 is 0 Å². The van der Waals surface area contributed by atoms with E-state index in [0.717, 1.165) is 22.9 Å². The molecule has 116 valence electrons. The summed E-state index contributed by atoms with van der Waals surface area (Å²) in [7, 11) is 1.81. The van der Waals surface area contributed by atoms with Crippen LogP contribution in [0.3, 0.4) is 0 Å². The van der Waals surface area contributed by atoms with Crippen LogP contribution in [0.1, 0.15) is 33.5 Å². The van der Waals surface area contributed by atoms with Crippen molar-refractivity contribution in [1.82, 2.24) is 24.1 Å². The molecule has 0 spiro atoms. The van der Waals surface area contributed by atoms with Gasteiger partial charge in [-0.15, -0.1) is 11.3 Å². The molecule has 0 radical (unpaired) electrons. The summed E-state index contributed by atoms with van der Waals surface area (Å²) in [6.45, 7) is 7.33. The number of thiazole rings is 1. The highest BCUT2D eigenvalue weighted by atomic mass is 32.1. The van der Waals surface area contributed by atoms with Crippen molar-refractivity contribution in [3.8, 4) is 0 Å². The second kappa shape index (κ2) is 5.57. The van der Waals surface area contributed by atoms with E-state index in [1.54, 1.807) is 33.3 Å². The van der Waals surface area contributed by atoms with Gasteiger partial charge in [-0.05, 0) is 20.8 Å². The molecule has 6 nitrogen and oxygen atoms in total. The lowest BCUT2D eigenvalue weighted by atomic mass is 10.2. The monoisotopic (exact) mass is 317 g/mol. The van der Waals surface area contributed by atoms with E-state index in [2.05, 4.69) is 27.6 Å². The number of rotatable bonds is 4. The largest absolute Gasteiger partial charge is 0.336 e. The van der Waals surface area contributed by atoms with Crippen LogP contribution in [0.2, 0.25) is 0 Å². The normalized spacial score (nSPS) is 11.3. The summed E-state index contributed by atoms with van der Waals surface area (Å²) in [4.78, 5) is 21.0. The fourth-order valence-electron chi connectivity index (χ4n) is 2.46. The highest BCUT2D eigenvalue weighted by molar-refractivity contribution is 7.17. The lowest BCUT2D eigenvalue weighted by Crippen LogP contribution is -2.26. The minimum Gasteiger partial charge on any atom is -0.336 e. The average molecular weight is 317 g/mol. The standard InChI is InChI=1S/C15H19N5OS/c1-5-19-8-12(6-16-19)14(21)18(4)9-13-11(3)17-15-20(13)7-10(2)22-15/h6-8H,5,9H2,1-4H3. The average Bonchev–Trinajstić information content (AvgIpc) is 3.15. The molecular weight excluding hydrogens is 298 g/mol. The maximum absolute atomic E-state index is 12.5. The van der Waals surface area contributed by atoms with Gasteiger partial charge in [0.25, 0.3) is 5.91 Å². The van der Waals surface area contributed by atoms with Gasteiger partial charge in [-0.2, -0.15) is 5.10 Å². The number of aromatic nitrogens is 4. The van der Waals surface area contributed by atoms with E-state index in [4.69, 9.17) is 0 Å². The molecule has 0 atom stereocenters. The molecule has 0 N–H and O–H groups in total. The molecule has 3 aromatic rings. The molecular formula is C15H19N5OS. The lowest BCUT2D eigenvalue weighted by molar-refractivity contribution is 0.0783. The number of hydrogen-bond acceptors (Lipinski definition) is 4. The van der Waals surface area contributed by atoms with Gasteiger partial charge in [-0.3, -0.25) is 13.9 Å². The smallest absolute Gasteiger partial charge is 0.257 e.